The van der Waals surface area contributed by atoms with Crippen LogP contribution in [0.15, 0.2) is 12.4 Å². The third kappa shape index (κ3) is 4.56. The molecule has 0 unspecified atom stereocenters. The zero-order valence-corrected chi connectivity index (χ0v) is 11.4. The van der Waals surface area contributed by atoms with Crippen LogP contribution in [-0.2, 0) is 20.9 Å². The quantitative estimate of drug-likeness (QED) is 0.763. The van der Waals surface area contributed by atoms with E-state index in [2.05, 4.69) is 10.4 Å². The highest BCUT2D eigenvalue weighted by Crippen LogP contribution is 2.17. The van der Waals surface area contributed by atoms with Gasteiger partial charge in [-0.3, -0.25) is 14.3 Å². The van der Waals surface area contributed by atoms with Crippen LogP contribution >= 0.6 is 0 Å². The van der Waals surface area contributed by atoms with Gasteiger partial charge < -0.3 is 15.8 Å². The van der Waals surface area contributed by atoms with Crippen LogP contribution in [0.2, 0.25) is 0 Å². The van der Waals surface area contributed by atoms with E-state index in [-0.39, 0.29) is 25.1 Å². The van der Waals surface area contributed by atoms with E-state index in [0.29, 0.717) is 5.69 Å². The smallest absolute Gasteiger partial charge is 0.328 e. The summed E-state index contributed by atoms with van der Waals surface area (Å²) in [6, 6.07) is 0.223. The van der Waals surface area contributed by atoms with Gasteiger partial charge in [0.1, 0.15) is 6.54 Å². The molecule has 0 radical (unpaired) electrons. The van der Waals surface area contributed by atoms with Crippen LogP contribution in [0.25, 0.3) is 0 Å². The SMILES string of the molecule is Nc1cnn(CC(=O)OCC(=O)NC2CCCCC2)c1. The van der Waals surface area contributed by atoms with Gasteiger partial charge in [0.15, 0.2) is 6.61 Å². The van der Waals surface area contributed by atoms with Gasteiger partial charge in [-0.25, -0.2) is 0 Å². The molecule has 0 aliphatic heterocycles. The van der Waals surface area contributed by atoms with Crippen molar-refractivity contribution >= 4 is 17.6 Å². The predicted octanol–water partition coefficient (Wildman–Crippen LogP) is 0.457. The molecule has 1 aromatic heterocycles. The van der Waals surface area contributed by atoms with E-state index in [1.165, 1.54) is 23.5 Å². The van der Waals surface area contributed by atoms with Crippen molar-refractivity contribution in [1.29, 1.82) is 0 Å². The first-order valence-electron chi connectivity index (χ1n) is 6.86. The highest BCUT2D eigenvalue weighted by atomic mass is 16.5. The van der Waals surface area contributed by atoms with Gasteiger partial charge in [0.25, 0.3) is 5.91 Å². The van der Waals surface area contributed by atoms with Crippen molar-refractivity contribution in [2.45, 2.75) is 44.7 Å². The van der Waals surface area contributed by atoms with Gasteiger partial charge >= 0.3 is 5.97 Å². The van der Waals surface area contributed by atoms with E-state index < -0.39 is 5.97 Å². The van der Waals surface area contributed by atoms with Gasteiger partial charge in [0.05, 0.1) is 11.9 Å². The van der Waals surface area contributed by atoms with E-state index in [1.807, 2.05) is 0 Å². The molecular weight excluding hydrogens is 260 g/mol. The molecule has 0 bridgehead atoms. The fourth-order valence-electron chi connectivity index (χ4n) is 2.31. The number of anilines is 1. The third-order valence-electron chi connectivity index (χ3n) is 3.28. The second-order valence-electron chi connectivity index (χ2n) is 5.03. The molecule has 0 saturated heterocycles. The number of carbonyl (C=O) groups excluding carboxylic acids is 2. The van der Waals surface area contributed by atoms with Crippen molar-refractivity contribution in [2.75, 3.05) is 12.3 Å². The van der Waals surface area contributed by atoms with Crippen LogP contribution in [0.3, 0.4) is 0 Å². The average molecular weight is 280 g/mol. The molecule has 1 saturated carbocycles. The molecule has 3 N–H and O–H groups in total. The number of nitrogens with zero attached hydrogens (tertiary/aromatic N) is 2. The number of aromatic nitrogens is 2. The fraction of sp³-hybridized carbons (Fsp3) is 0.615. The molecule has 1 aliphatic rings. The maximum Gasteiger partial charge on any atom is 0.328 e. The summed E-state index contributed by atoms with van der Waals surface area (Å²) in [5.41, 5.74) is 5.96. The lowest BCUT2D eigenvalue weighted by Gasteiger charge is -2.22. The summed E-state index contributed by atoms with van der Waals surface area (Å²) < 4.78 is 6.28. The number of amides is 1. The predicted molar refractivity (Wildman–Crippen MR) is 72.6 cm³/mol. The number of nitrogens with two attached hydrogens (primary N) is 1. The number of hydrogen-bond acceptors (Lipinski definition) is 5. The Morgan fingerprint density at radius 3 is 2.80 bits per heavy atom. The molecule has 7 nitrogen and oxygen atoms in total. The zero-order valence-electron chi connectivity index (χ0n) is 11.4. The largest absolute Gasteiger partial charge is 0.454 e. The summed E-state index contributed by atoms with van der Waals surface area (Å²) in [4.78, 5) is 23.2. The molecule has 0 spiro atoms. The molecule has 2 rings (SSSR count). The molecule has 0 atom stereocenters. The lowest BCUT2D eigenvalue weighted by molar-refractivity contribution is -0.149. The molecule has 110 valence electrons. The molecule has 1 fully saturated rings. The summed E-state index contributed by atoms with van der Waals surface area (Å²) in [5.74, 6) is -0.753. The number of nitrogens with one attached hydrogen (secondary N) is 1. The Balaban J connectivity index is 1.66. The summed E-state index contributed by atoms with van der Waals surface area (Å²) in [5, 5.41) is 6.75. The van der Waals surface area contributed by atoms with Crippen molar-refractivity contribution in [2.24, 2.45) is 0 Å². The zero-order chi connectivity index (χ0) is 14.4. The van der Waals surface area contributed by atoms with E-state index in [4.69, 9.17) is 10.5 Å². The second kappa shape index (κ2) is 6.93. The molecule has 1 heterocycles. The van der Waals surface area contributed by atoms with E-state index in [9.17, 15) is 9.59 Å². The standard InChI is InChI=1S/C13H20N4O3/c14-10-6-15-17(7-10)8-13(19)20-9-12(18)16-11-4-2-1-3-5-11/h6-7,11H,1-5,8-9,14H2,(H,16,18). The minimum Gasteiger partial charge on any atom is -0.454 e. The summed E-state index contributed by atoms with van der Waals surface area (Å²) in [7, 11) is 0. The first-order chi connectivity index (χ1) is 9.63. The van der Waals surface area contributed by atoms with E-state index in [0.717, 1.165) is 25.7 Å². The average Bonchev–Trinajstić information content (AvgIpc) is 2.83. The summed E-state index contributed by atoms with van der Waals surface area (Å²) in [6.45, 7) is -0.292. The molecule has 7 heteroatoms. The lowest BCUT2D eigenvalue weighted by Crippen LogP contribution is -2.38. The topological polar surface area (TPSA) is 99.2 Å². The van der Waals surface area contributed by atoms with Crippen molar-refractivity contribution in [3.63, 3.8) is 0 Å². The fourth-order valence-corrected chi connectivity index (χ4v) is 2.31. The van der Waals surface area contributed by atoms with Gasteiger partial charge in [-0.05, 0) is 12.8 Å². The maximum absolute atomic E-state index is 11.6. The van der Waals surface area contributed by atoms with Crippen LogP contribution in [0, 0.1) is 0 Å². The highest BCUT2D eigenvalue weighted by Gasteiger charge is 2.16. The number of nitrogen functional groups attached to an aromatic ring is 1. The molecule has 1 aromatic rings. The third-order valence-corrected chi connectivity index (χ3v) is 3.28. The lowest BCUT2D eigenvalue weighted by atomic mass is 9.95. The monoisotopic (exact) mass is 280 g/mol. The normalized spacial score (nSPS) is 15.8. The van der Waals surface area contributed by atoms with Crippen molar-refractivity contribution in [3.8, 4) is 0 Å². The Morgan fingerprint density at radius 2 is 2.15 bits per heavy atom. The Kier molecular flexibility index (Phi) is 4.97. The van der Waals surface area contributed by atoms with Crippen LogP contribution in [0.1, 0.15) is 32.1 Å². The molecular formula is C13H20N4O3. The number of carbonyl (C=O) groups is 2. The molecule has 20 heavy (non-hydrogen) atoms. The van der Waals surface area contributed by atoms with Crippen LogP contribution in [0.4, 0.5) is 5.69 Å². The van der Waals surface area contributed by atoms with Gasteiger partial charge in [-0.15, -0.1) is 0 Å². The molecule has 1 amide bonds. The number of ether oxygens (including phenoxy) is 1. The number of hydrogen-bond donors (Lipinski definition) is 2. The Bertz CT molecular complexity index is 466. The first kappa shape index (κ1) is 14.4. The maximum atomic E-state index is 11.6. The second-order valence-corrected chi connectivity index (χ2v) is 5.03. The van der Waals surface area contributed by atoms with E-state index >= 15 is 0 Å². The minimum absolute atomic E-state index is 0.0477. The van der Waals surface area contributed by atoms with Gasteiger partial charge in [0.2, 0.25) is 0 Å². The number of rotatable bonds is 5. The van der Waals surface area contributed by atoms with Crippen LogP contribution in [-0.4, -0.2) is 34.3 Å². The summed E-state index contributed by atoms with van der Waals surface area (Å²) >= 11 is 0. The Morgan fingerprint density at radius 1 is 1.40 bits per heavy atom. The van der Waals surface area contributed by atoms with E-state index in [1.54, 1.807) is 0 Å². The van der Waals surface area contributed by atoms with Crippen LogP contribution in [0.5, 0.6) is 0 Å². The van der Waals surface area contributed by atoms with Crippen LogP contribution < -0.4 is 11.1 Å². The first-order valence-corrected chi connectivity index (χ1v) is 6.86. The van der Waals surface area contributed by atoms with Gasteiger partial charge in [-0.2, -0.15) is 5.10 Å². The number of esters is 1. The van der Waals surface area contributed by atoms with Crippen molar-refractivity contribution in [3.05, 3.63) is 12.4 Å². The van der Waals surface area contributed by atoms with Crippen molar-refractivity contribution in [1.82, 2.24) is 15.1 Å². The minimum atomic E-state index is -0.508. The van der Waals surface area contributed by atoms with Crippen molar-refractivity contribution < 1.29 is 14.3 Å². The van der Waals surface area contributed by atoms with Gasteiger partial charge in [0, 0.05) is 12.2 Å². The molecule has 0 aromatic carbocycles. The van der Waals surface area contributed by atoms with Gasteiger partial charge in [-0.1, -0.05) is 19.3 Å². The Labute approximate surface area is 117 Å². The summed E-state index contributed by atoms with van der Waals surface area (Å²) in [6.07, 6.45) is 8.51. The highest BCUT2D eigenvalue weighted by molar-refractivity contribution is 5.80. The molecule has 1 aliphatic carbocycles. The Hall–Kier alpha value is -2.05.